The van der Waals surface area contributed by atoms with E-state index in [9.17, 15) is 4.39 Å². The highest BCUT2D eigenvalue weighted by atomic mass is 35.5. The third-order valence-corrected chi connectivity index (χ3v) is 3.80. The van der Waals surface area contributed by atoms with Gasteiger partial charge in [-0.3, -0.25) is 0 Å². The third-order valence-electron chi connectivity index (χ3n) is 2.46. The van der Waals surface area contributed by atoms with Crippen LogP contribution >= 0.6 is 46.4 Å². The molecule has 100 valence electrons. The molecule has 19 heavy (non-hydrogen) atoms. The summed E-state index contributed by atoms with van der Waals surface area (Å²) in [6.07, 6.45) is 0. The molecule has 0 amide bonds. The van der Waals surface area contributed by atoms with Crippen molar-refractivity contribution in [1.29, 1.82) is 0 Å². The van der Waals surface area contributed by atoms with E-state index in [2.05, 4.69) is 5.32 Å². The van der Waals surface area contributed by atoms with Crippen molar-refractivity contribution in [2.24, 2.45) is 0 Å². The predicted octanol–water partition coefficient (Wildman–Crippen LogP) is 6.05. The minimum absolute atomic E-state index is 0.227. The predicted molar refractivity (Wildman–Crippen MR) is 80.2 cm³/mol. The van der Waals surface area contributed by atoms with Gasteiger partial charge < -0.3 is 5.32 Å². The molecular formula is C13H8Cl4FN. The molecule has 0 aliphatic heterocycles. The van der Waals surface area contributed by atoms with E-state index >= 15 is 0 Å². The van der Waals surface area contributed by atoms with E-state index in [1.54, 1.807) is 12.1 Å². The second-order valence-electron chi connectivity index (χ2n) is 3.85. The molecule has 0 aliphatic carbocycles. The van der Waals surface area contributed by atoms with Crippen molar-refractivity contribution in [2.75, 3.05) is 5.32 Å². The Balaban J connectivity index is 2.16. The first-order valence-electron chi connectivity index (χ1n) is 5.29. The summed E-state index contributed by atoms with van der Waals surface area (Å²) in [5.41, 5.74) is 1.39. The fourth-order valence-corrected chi connectivity index (χ4v) is 2.47. The van der Waals surface area contributed by atoms with Crippen molar-refractivity contribution < 1.29 is 4.39 Å². The van der Waals surface area contributed by atoms with E-state index in [-0.39, 0.29) is 10.0 Å². The van der Waals surface area contributed by atoms with Crippen LogP contribution in [-0.2, 0) is 6.54 Å². The highest BCUT2D eigenvalue weighted by Crippen LogP contribution is 2.32. The molecule has 1 nitrogen and oxygen atoms in total. The zero-order valence-electron chi connectivity index (χ0n) is 9.48. The van der Waals surface area contributed by atoms with Gasteiger partial charge in [0.2, 0.25) is 0 Å². The molecular weight excluding hydrogens is 331 g/mol. The summed E-state index contributed by atoms with van der Waals surface area (Å²) in [6.45, 7) is 0.446. The largest absolute Gasteiger partial charge is 0.379 e. The SMILES string of the molecule is Fc1cc(Cl)c(NCc2ccc(Cl)c(Cl)c2)c(Cl)c1. The zero-order chi connectivity index (χ0) is 14.0. The van der Waals surface area contributed by atoms with Crippen LogP contribution in [0.1, 0.15) is 5.56 Å². The molecule has 0 saturated carbocycles. The summed E-state index contributed by atoms with van der Waals surface area (Å²) >= 11 is 23.6. The van der Waals surface area contributed by atoms with Gasteiger partial charge in [0.1, 0.15) is 5.82 Å². The van der Waals surface area contributed by atoms with Crippen LogP contribution in [0.15, 0.2) is 30.3 Å². The first kappa shape index (κ1) is 14.7. The Kier molecular flexibility index (Phi) is 4.80. The van der Waals surface area contributed by atoms with E-state index in [1.165, 1.54) is 12.1 Å². The van der Waals surface area contributed by atoms with Crippen LogP contribution in [-0.4, -0.2) is 0 Å². The average molecular weight is 339 g/mol. The maximum absolute atomic E-state index is 13.0. The first-order valence-corrected chi connectivity index (χ1v) is 6.81. The van der Waals surface area contributed by atoms with Gasteiger partial charge in [0.05, 0.1) is 25.8 Å². The molecule has 0 spiro atoms. The average Bonchev–Trinajstić information content (AvgIpc) is 2.32. The van der Waals surface area contributed by atoms with Crippen LogP contribution in [0, 0.1) is 5.82 Å². The summed E-state index contributed by atoms with van der Waals surface area (Å²) in [5, 5.41) is 4.45. The minimum Gasteiger partial charge on any atom is -0.379 e. The van der Waals surface area contributed by atoms with Crippen LogP contribution in [0.2, 0.25) is 20.1 Å². The van der Waals surface area contributed by atoms with Gasteiger partial charge in [-0.25, -0.2) is 4.39 Å². The van der Waals surface area contributed by atoms with E-state index < -0.39 is 5.82 Å². The topological polar surface area (TPSA) is 12.0 Å². The Morgan fingerprint density at radius 3 is 2.05 bits per heavy atom. The monoisotopic (exact) mass is 337 g/mol. The van der Waals surface area contributed by atoms with Gasteiger partial charge in [-0.05, 0) is 29.8 Å². The lowest BCUT2D eigenvalue weighted by molar-refractivity contribution is 0.628. The molecule has 0 radical (unpaired) electrons. The molecule has 2 aromatic rings. The number of nitrogens with one attached hydrogen (secondary N) is 1. The second kappa shape index (κ2) is 6.19. The van der Waals surface area contributed by atoms with Crippen LogP contribution in [0.25, 0.3) is 0 Å². The Bertz CT molecular complexity index is 593. The Labute approximate surface area is 130 Å². The summed E-state index contributed by atoms with van der Waals surface area (Å²) in [5.74, 6) is -0.477. The maximum atomic E-state index is 13.0. The van der Waals surface area contributed by atoms with E-state index in [1.807, 2.05) is 6.07 Å². The molecule has 0 aromatic heterocycles. The lowest BCUT2D eigenvalue weighted by Crippen LogP contribution is -2.01. The van der Waals surface area contributed by atoms with Crippen LogP contribution in [0.4, 0.5) is 10.1 Å². The number of hydrogen-bond acceptors (Lipinski definition) is 1. The number of halogens is 5. The van der Waals surface area contributed by atoms with Gasteiger partial charge in [-0.2, -0.15) is 0 Å². The highest BCUT2D eigenvalue weighted by Gasteiger charge is 2.08. The molecule has 2 rings (SSSR count). The van der Waals surface area contributed by atoms with Crippen molar-refractivity contribution in [3.05, 3.63) is 61.8 Å². The molecule has 0 atom stereocenters. The Morgan fingerprint density at radius 1 is 0.842 bits per heavy atom. The fourth-order valence-electron chi connectivity index (χ4n) is 1.55. The molecule has 0 aliphatic rings. The number of benzene rings is 2. The molecule has 0 bridgehead atoms. The van der Waals surface area contributed by atoms with Crippen molar-refractivity contribution >= 4 is 52.1 Å². The molecule has 0 unspecified atom stereocenters. The molecule has 0 heterocycles. The van der Waals surface area contributed by atoms with Crippen LogP contribution in [0.3, 0.4) is 0 Å². The number of hydrogen-bond donors (Lipinski definition) is 1. The molecule has 0 fully saturated rings. The smallest absolute Gasteiger partial charge is 0.126 e. The Morgan fingerprint density at radius 2 is 1.47 bits per heavy atom. The molecule has 6 heteroatoms. The van der Waals surface area contributed by atoms with E-state index in [0.29, 0.717) is 22.3 Å². The van der Waals surface area contributed by atoms with Gasteiger partial charge >= 0.3 is 0 Å². The van der Waals surface area contributed by atoms with Crippen LogP contribution in [0.5, 0.6) is 0 Å². The highest BCUT2D eigenvalue weighted by molar-refractivity contribution is 6.42. The van der Waals surface area contributed by atoms with Crippen molar-refractivity contribution in [3.8, 4) is 0 Å². The summed E-state index contributed by atoms with van der Waals surface area (Å²) in [4.78, 5) is 0. The number of rotatable bonds is 3. The van der Waals surface area contributed by atoms with Crippen molar-refractivity contribution in [1.82, 2.24) is 0 Å². The quantitative estimate of drug-likeness (QED) is 0.718. The van der Waals surface area contributed by atoms with Gasteiger partial charge in [-0.15, -0.1) is 0 Å². The first-order chi connectivity index (χ1) is 8.97. The Hall–Kier alpha value is -0.670. The normalized spacial score (nSPS) is 10.6. The molecule has 1 N–H and O–H groups in total. The van der Waals surface area contributed by atoms with Crippen molar-refractivity contribution in [3.63, 3.8) is 0 Å². The lowest BCUT2D eigenvalue weighted by atomic mass is 10.2. The fraction of sp³-hybridized carbons (Fsp3) is 0.0769. The van der Waals surface area contributed by atoms with Gasteiger partial charge in [0, 0.05) is 6.54 Å². The number of anilines is 1. The van der Waals surface area contributed by atoms with Crippen LogP contribution < -0.4 is 5.32 Å². The summed E-state index contributed by atoms with van der Waals surface area (Å²) in [7, 11) is 0. The molecule has 0 saturated heterocycles. The molecule has 2 aromatic carbocycles. The van der Waals surface area contributed by atoms with Gasteiger partial charge in [-0.1, -0.05) is 52.5 Å². The summed E-state index contributed by atoms with van der Waals surface area (Å²) in [6, 6.07) is 7.67. The standard InChI is InChI=1S/C13H8Cl4FN/c14-9-2-1-7(3-10(9)15)6-19-13-11(16)4-8(18)5-12(13)17/h1-5,19H,6H2. The maximum Gasteiger partial charge on any atom is 0.126 e. The lowest BCUT2D eigenvalue weighted by Gasteiger charge is -2.11. The third kappa shape index (κ3) is 3.67. The minimum atomic E-state index is -0.477. The van der Waals surface area contributed by atoms with Crippen molar-refractivity contribution in [2.45, 2.75) is 6.54 Å². The van der Waals surface area contributed by atoms with E-state index in [0.717, 1.165) is 5.56 Å². The van der Waals surface area contributed by atoms with Gasteiger partial charge in [0.25, 0.3) is 0 Å². The van der Waals surface area contributed by atoms with E-state index in [4.69, 9.17) is 46.4 Å². The summed E-state index contributed by atoms with van der Waals surface area (Å²) < 4.78 is 13.0. The second-order valence-corrected chi connectivity index (χ2v) is 5.48. The zero-order valence-corrected chi connectivity index (χ0v) is 12.5. The van der Waals surface area contributed by atoms with Gasteiger partial charge in [0.15, 0.2) is 0 Å².